The Morgan fingerprint density at radius 2 is 1.67 bits per heavy atom. The lowest BCUT2D eigenvalue weighted by atomic mass is 9.90. The fourth-order valence-electron chi connectivity index (χ4n) is 3.07. The molecule has 24 heavy (non-hydrogen) atoms. The SMILES string of the molecule is COCc1c(C(C)C)nc(C(C)C)c([14CH2]O)c1-c1ccc(F)cc1. The Bertz CT molecular complexity index is 694. The molecule has 0 aliphatic heterocycles. The number of pyridine rings is 1. The van der Waals surface area contributed by atoms with Crippen molar-refractivity contribution < 1.29 is 14.2 Å². The molecule has 0 saturated carbocycles. The first kappa shape index (κ1) is 18.6. The number of hydrogen-bond acceptors (Lipinski definition) is 3. The topological polar surface area (TPSA) is 42.4 Å². The molecule has 0 amide bonds. The number of aliphatic hydroxyl groups is 1. The molecule has 0 unspecified atom stereocenters. The van der Waals surface area contributed by atoms with E-state index in [1.54, 1.807) is 19.2 Å². The first-order chi connectivity index (χ1) is 11.4. The fourth-order valence-corrected chi connectivity index (χ4v) is 3.07. The van der Waals surface area contributed by atoms with Crippen LogP contribution in [0.2, 0.25) is 0 Å². The van der Waals surface area contributed by atoms with Crippen LogP contribution in [0.25, 0.3) is 11.1 Å². The van der Waals surface area contributed by atoms with Crippen molar-refractivity contribution in [3.63, 3.8) is 0 Å². The standard InChI is InChI=1S/C20H26FNO2/c1-12(2)19-16(10-23)18(14-6-8-15(21)9-7-14)17(11-24-5)20(22-19)13(3)4/h6-9,12-13,23H,10-11H2,1-5H3/i10+2. The number of halogens is 1. The summed E-state index contributed by atoms with van der Waals surface area (Å²) >= 11 is 0. The van der Waals surface area contributed by atoms with Crippen molar-refractivity contribution in [3.05, 3.63) is 52.6 Å². The molecule has 3 nitrogen and oxygen atoms in total. The molecule has 1 aromatic heterocycles. The highest BCUT2D eigenvalue weighted by atomic mass is 19.1. The Morgan fingerprint density at radius 3 is 2.12 bits per heavy atom. The summed E-state index contributed by atoms with van der Waals surface area (Å²) < 4.78 is 18.8. The molecule has 1 heterocycles. The third-order valence-corrected chi connectivity index (χ3v) is 4.14. The van der Waals surface area contributed by atoms with Crippen molar-refractivity contribution in [1.82, 2.24) is 4.98 Å². The van der Waals surface area contributed by atoms with Crippen molar-refractivity contribution in [2.24, 2.45) is 0 Å². The van der Waals surface area contributed by atoms with E-state index < -0.39 is 0 Å². The number of ether oxygens (including phenoxy) is 1. The maximum Gasteiger partial charge on any atom is 0.123 e. The van der Waals surface area contributed by atoms with Gasteiger partial charge < -0.3 is 9.84 Å². The van der Waals surface area contributed by atoms with E-state index in [2.05, 4.69) is 27.7 Å². The van der Waals surface area contributed by atoms with Crippen LogP contribution in [0.1, 0.15) is 62.0 Å². The Hall–Kier alpha value is -1.78. The molecule has 0 radical (unpaired) electrons. The zero-order chi connectivity index (χ0) is 17.9. The third kappa shape index (κ3) is 3.65. The summed E-state index contributed by atoms with van der Waals surface area (Å²) in [6.07, 6.45) is 0. The summed E-state index contributed by atoms with van der Waals surface area (Å²) in [5.74, 6) is 0.125. The second kappa shape index (κ2) is 7.86. The van der Waals surface area contributed by atoms with Crippen LogP contribution in [0, 0.1) is 5.82 Å². The van der Waals surface area contributed by atoms with Crippen molar-refractivity contribution in [2.45, 2.75) is 52.7 Å². The normalized spacial score (nSPS) is 11.5. The first-order valence-electron chi connectivity index (χ1n) is 8.31. The van der Waals surface area contributed by atoms with Gasteiger partial charge in [-0.25, -0.2) is 4.39 Å². The second-order valence-corrected chi connectivity index (χ2v) is 6.62. The van der Waals surface area contributed by atoms with E-state index in [0.717, 1.165) is 33.6 Å². The molecule has 0 saturated heterocycles. The molecule has 2 aromatic rings. The molecule has 2 rings (SSSR count). The van der Waals surface area contributed by atoms with E-state index in [1.165, 1.54) is 12.1 Å². The highest BCUT2D eigenvalue weighted by Crippen LogP contribution is 2.36. The predicted molar refractivity (Wildman–Crippen MR) is 94.4 cm³/mol. The number of nitrogens with zero attached hydrogens (tertiary/aromatic N) is 1. The molecule has 1 N–H and O–H groups in total. The Kier molecular flexibility index (Phi) is 6.08. The van der Waals surface area contributed by atoms with E-state index in [4.69, 9.17) is 9.72 Å². The minimum absolute atomic E-state index is 0.109. The Labute approximate surface area is 143 Å². The number of rotatable bonds is 6. The first-order valence-corrected chi connectivity index (χ1v) is 8.31. The minimum atomic E-state index is -0.278. The van der Waals surface area contributed by atoms with Gasteiger partial charge in [-0.05, 0) is 35.1 Å². The number of hydrogen-bond donors (Lipinski definition) is 1. The summed E-state index contributed by atoms with van der Waals surface area (Å²) in [4.78, 5) is 4.85. The summed E-state index contributed by atoms with van der Waals surface area (Å²) in [7, 11) is 1.65. The van der Waals surface area contributed by atoms with Gasteiger partial charge in [-0.15, -0.1) is 0 Å². The monoisotopic (exact) mass is 333 g/mol. The molecule has 0 atom stereocenters. The van der Waals surface area contributed by atoms with Crippen molar-refractivity contribution in [2.75, 3.05) is 7.11 Å². The van der Waals surface area contributed by atoms with Crippen LogP contribution in [-0.2, 0) is 18.0 Å². The average Bonchev–Trinajstić information content (AvgIpc) is 2.54. The molecule has 0 aliphatic rings. The van der Waals surface area contributed by atoms with Crippen molar-refractivity contribution in [3.8, 4) is 11.1 Å². The van der Waals surface area contributed by atoms with Crippen LogP contribution in [0.3, 0.4) is 0 Å². The van der Waals surface area contributed by atoms with E-state index in [1.807, 2.05) is 0 Å². The zero-order valence-corrected chi connectivity index (χ0v) is 15.1. The quantitative estimate of drug-likeness (QED) is 0.828. The zero-order valence-electron chi connectivity index (χ0n) is 15.1. The molecule has 4 heteroatoms. The smallest absolute Gasteiger partial charge is 0.123 e. The van der Waals surface area contributed by atoms with Crippen LogP contribution in [-0.4, -0.2) is 17.2 Å². The second-order valence-electron chi connectivity index (χ2n) is 6.62. The van der Waals surface area contributed by atoms with Gasteiger partial charge in [0.2, 0.25) is 0 Å². The maximum atomic E-state index is 13.4. The number of benzene rings is 1. The largest absolute Gasteiger partial charge is 0.392 e. The number of aromatic nitrogens is 1. The summed E-state index contributed by atoms with van der Waals surface area (Å²) in [6, 6.07) is 6.38. The van der Waals surface area contributed by atoms with Gasteiger partial charge in [-0.2, -0.15) is 0 Å². The van der Waals surface area contributed by atoms with Crippen LogP contribution in [0.5, 0.6) is 0 Å². The minimum Gasteiger partial charge on any atom is -0.392 e. The lowest BCUT2D eigenvalue weighted by Crippen LogP contribution is -2.12. The van der Waals surface area contributed by atoms with Crippen LogP contribution in [0.15, 0.2) is 24.3 Å². The lowest BCUT2D eigenvalue weighted by Gasteiger charge is -2.23. The Morgan fingerprint density at radius 1 is 1.08 bits per heavy atom. The van der Waals surface area contributed by atoms with E-state index >= 15 is 0 Å². The molecule has 0 bridgehead atoms. The molecular weight excluding hydrogens is 307 g/mol. The van der Waals surface area contributed by atoms with E-state index in [9.17, 15) is 9.50 Å². The number of aliphatic hydroxyl groups excluding tert-OH is 1. The summed E-state index contributed by atoms with van der Waals surface area (Å²) in [6.45, 7) is 8.62. The molecule has 0 aliphatic carbocycles. The van der Waals surface area contributed by atoms with Gasteiger partial charge in [-0.1, -0.05) is 39.8 Å². The van der Waals surface area contributed by atoms with Crippen LogP contribution in [0.4, 0.5) is 4.39 Å². The van der Waals surface area contributed by atoms with Gasteiger partial charge in [0.25, 0.3) is 0 Å². The maximum absolute atomic E-state index is 13.4. The van der Waals surface area contributed by atoms with Crippen LogP contribution < -0.4 is 0 Å². The third-order valence-electron chi connectivity index (χ3n) is 4.14. The van der Waals surface area contributed by atoms with Crippen molar-refractivity contribution >= 4 is 0 Å². The molecule has 0 spiro atoms. The van der Waals surface area contributed by atoms with E-state index in [0.29, 0.717) is 6.61 Å². The highest BCUT2D eigenvalue weighted by Gasteiger charge is 2.23. The van der Waals surface area contributed by atoms with Gasteiger partial charge >= 0.3 is 0 Å². The van der Waals surface area contributed by atoms with Gasteiger partial charge in [0, 0.05) is 29.6 Å². The average molecular weight is 333 g/mol. The van der Waals surface area contributed by atoms with Crippen molar-refractivity contribution in [1.29, 1.82) is 0 Å². The van der Waals surface area contributed by atoms with E-state index in [-0.39, 0.29) is 24.3 Å². The lowest BCUT2D eigenvalue weighted by molar-refractivity contribution is 0.183. The highest BCUT2D eigenvalue weighted by molar-refractivity contribution is 5.73. The molecule has 1 aromatic carbocycles. The molecule has 130 valence electrons. The molecule has 0 fully saturated rings. The summed E-state index contributed by atoms with van der Waals surface area (Å²) in [5.41, 5.74) is 5.42. The Balaban J connectivity index is 2.86. The molecular formula is C20H26FNO2. The fraction of sp³-hybridized carbons (Fsp3) is 0.450. The predicted octanol–water partition coefficient (Wildman–Crippen LogP) is 4.77. The van der Waals surface area contributed by atoms with Gasteiger partial charge in [0.05, 0.1) is 13.2 Å². The number of methoxy groups -OCH3 is 1. The summed E-state index contributed by atoms with van der Waals surface area (Å²) in [5, 5.41) is 10.0. The van der Waals surface area contributed by atoms with Crippen LogP contribution >= 0.6 is 0 Å². The van der Waals surface area contributed by atoms with Gasteiger partial charge in [0.15, 0.2) is 0 Å². The van der Waals surface area contributed by atoms with Gasteiger partial charge in [0.1, 0.15) is 5.82 Å². The van der Waals surface area contributed by atoms with Gasteiger partial charge in [-0.3, -0.25) is 4.98 Å².